The van der Waals surface area contributed by atoms with E-state index in [1.165, 1.54) is 97.0 Å². The molecule has 1 fully saturated rings. The van der Waals surface area contributed by atoms with Gasteiger partial charge in [0, 0.05) is 0 Å². The maximum atomic E-state index is 2.41. The number of hydrogen-bond donors (Lipinski definition) is 0. The molecule has 0 radical (unpaired) electrons. The van der Waals surface area contributed by atoms with Crippen LogP contribution in [0.3, 0.4) is 0 Å². The number of unbranched alkanes of at least 4 members (excludes halogenated alkanes) is 3. The second kappa shape index (κ2) is 12.6. The lowest BCUT2D eigenvalue weighted by Crippen LogP contribution is -2.13. The van der Waals surface area contributed by atoms with Crippen molar-refractivity contribution in [3.63, 3.8) is 0 Å². The molecule has 0 spiro atoms. The fourth-order valence-corrected chi connectivity index (χ4v) is 4.59. The minimum Gasteiger partial charge on any atom is -0.0774 e. The highest BCUT2D eigenvalue weighted by atomic mass is 14.2. The molecule has 1 heterocycles. The van der Waals surface area contributed by atoms with Gasteiger partial charge in [-0.1, -0.05) is 110 Å². The summed E-state index contributed by atoms with van der Waals surface area (Å²) in [6, 6.07) is 0. The van der Waals surface area contributed by atoms with Crippen molar-refractivity contribution in [2.24, 2.45) is 17.8 Å². The van der Waals surface area contributed by atoms with Crippen molar-refractivity contribution in [3.8, 4) is 0 Å². The highest BCUT2D eigenvalue weighted by Crippen LogP contribution is 2.29. The van der Waals surface area contributed by atoms with Gasteiger partial charge in [0.25, 0.3) is 0 Å². The van der Waals surface area contributed by atoms with Crippen molar-refractivity contribution in [1.29, 1.82) is 0 Å². The molecule has 0 aromatic carbocycles. The van der Waals surface area contributed by atoms with E-state index in [0.717, 1.165) is 17.8 Å². The van der Waals surface area contributed by atoms with Crippen LogP contribution in [0.4, 0.5) is 0 Å². The van der Waals surface area contributed by atoms with Gasteiger partial charge < -0.3 is 0 Å². The van der Waals surface area contributed by atoms with E-state index in [4.69, 9.17) is 0 Å². The highest BCUT2D eigenvalue weighted by Gasteiger charge is 2.17. The number of rotatable bonds is 12. The first kappa shape index (κ1) is 19.1. The van der Waals surface area contributed by atoms with Gasteiger partial charge in [-0.15, -0.1) is 0 Å². The van der Waals surface area contributed by atoms with Gasteiger partial charge in [0.1, 0.15) is 7.28 Å². The van der Waals surface area contributed by atoms with Crippen LogP contribution in [0.25, 0.3) is 0 Å². The minimum atomic E-state index is 1.00. The SMILES string of the molecule is CCCC(CC)C(CC)CCCCCCC1CBCCC1. The summed E-state index contributed by atoms with van der Waals surface area (Å²) in [5.74, 6) is 3.10. The lowest BCUT2D eigenvalue weighted by atomic mass is 9.59. The van der Waals surface area contributed by atoms with E-state index in [-0.39, 0.29) is 0 Å². The minimum absolute atomic E-state index is 1.00. The summed E-state index contributed by atoms with van der Waals surface area (Å²) in [7, 11) is 1.51. The molecule has 3 unspecified atom stereocenters. The van der Waals surface area contributed by atoms with Crippen LogP contribution in [0.5, 0.6) is 0 Å². The van der Waals surface area contributed by atoms with Crippen molar-refractivity contribution < 1.29 is 0 Å². The Bertz CT molecular complexity index is 220. The van der Waals surface area contributed by atoms with Crippen LogP contribution in [-0.2, 0) is 0 Å². The highest BCUT2D eigenvalue weighted by molar-refractivity contribution is 6.35. The average Bonchev–Trinajstić information content (AvgIpc) is 2.53. The van der Waals surface area contributed by atoms with E-state index in [9.17, 15) is 0 Å². The largest absolute Gasteiger partial charge is 0.120 e. The molecule has 0 nitrogen and oxygen atoms in total. The van der Waals surface area contributed by atoms with Crippen LogP contribution in [0.2, 0.25) is 12.6 Å². The van der Waals surface area contributed by atoms with E-state index >= 15 is 0 Å². The van der Waals surface area contributed by atoms with Crippen LogP contribution in [0.15, 0.2) is 0 Å². The molecule has 3 atom stereocenters. The standard InChI is InChI=1S/C20H41B/c1-4-12-19(5-2)20(6-3)15-10-8-7-9-13-18-14-11-16-21-17-18/h18-21H,4-17H2,1-3H3. The molecule has 0 aliphatic carbocycles. The Morgan fingerprint density at radius 1 is 0.905 bits per heavy atom. The quantitative estimate of drug-likeness (QED) is 0.272. The summed E-state index contributed by atoms with van der Waals surface area (Å²) in [4.78, 5) is 0. The van der Waals surface area contributed by atoms with Crippen LogP contribution >= 0.6 is 0 Å². The van der Waals surface area contributed by atoms with Crippen molar-refractivity contribution >= 4 is 7.28 Å². The average molecular weight is 292 g/mol. The van der Waals surface area contributed by atoms with Gasteiger partial charge >= 0.3 is 0 Å². The van der Waals surface area contributed by atoms with E-state index in [0.29, 0.717) is 0 Å². The Hall–Kier alpha value is 0.0649. The van der Waals surface area contributed by atoms with Gasteiger partial charge in [-0.05, 0) is 17.8 Å². The molecule has 1 aliphatic rings. The predicted octanol–water partition coefficient (Wildman–Crippen LogP) is 6.86. The summed E-state index contributed by atoms with van der Waals surface area (Å²) in [5, 5.41) is 0. The van der Waals surface area contributed by atoms with Crippen molar-refractivity contribution in [1.82, 2.24) is 0 Å². The lowest BCUT2D eigenvalue weighted by Gasteiger charge is -2.25. The van der Waals surface area contributed by atoms with Gasteiger partial charge in [0.05, 0.1) is 0 Å². The zero-order valence-electron chi connectivity index (χ0n) is 15.3. The summed E-state index contributed by atoms with van der Waals surface area (Å²) >= 11 is 0. The molecule has 1 heteroatoms. The first-order chi connectivity index (χ1) is 10.3. The lowest BCUT2D eigenvalue weighted by molar-refractivity contribution is 0.268. The Morgan fingerprint density at radius 3 is 2.24 bits per heavy atom. The molecule has 0 N–H and O–H groups in total. The van der Waals surface area contributed by atoms with Crippen LogP contribution in [-0.4, -0.2) is 7.28 Å². The van der Waals surface area contributed by atoms with Crippen molar-refractivity contribution in [2.45, 2.75) is 110 Å². The molecule has 1 aliphatic heterocycles. The molecule has 21 heavy (non-hydrogen) atoms. The molecule has 124 valence electrons. The zero-order chi connectivity index (χ0) is 15.3. The van der Waals surface area contributed by atoms with Crippen LogP contribution < -0.4 is 0 Å². The summed E-state index contributed by atoms with van der Waals surface area (Å²) in [5.41, 5.74) is 0. The third-order valence-electron chi connectivity index (χ3n) is 6.04. The number of hydrogen-bond acceptors (Lipinski definition) is 0. The molecule has 0 saturated carbocycles. The van der Waals surface area contributed by atoms with Gasteiger partial charge in [0.2, 0.25) is 0 Å². The third-order valence-corrected chi connectivity index (χ3v) is 6.04. The topological polar surface area (TPSA) is 0 Å². The van der Waals surface area contributed by atoms with Gasteiger partial charge in [-0.2, -0.15) is 0 Å². The van der Waals surface area contributed by atoms with Crippen LogP contribution in [0.1, 0.15) is 97.8 Å². The maximum Gasteiger partial charge on any atom is 0.120 e. The Labute approximate surface area is 136 Å². The second-order valence-corrected chi connectivity index (χ2v) is 7.62. The smallest absolute Gasteiger partial charge is 0.0774 e. The third kappa shape index (κ3) is 8.31. The van der Waals surface area contributed by atoms with Gasteiger partial charge in [-0.25, -0.2) is 0 Å². The molecule has 0 aromatic heterocycles. The molecular weight excluding hydrogens is 251 g/mol. The van der Waals surface area contributed by atoms with Gasteiger partial charge in [0.15, 0.2) is 0 Å². The Morgan fingerprint density at radius 2 is 1.62 bits per heavy atom. The van der Waals surface area contributed by atoms with E-state index in [2.05, 4.69) is 20.8 Å². The fraction of sp³-hybridized carbons (Fsp3) is 1.00. The fourth-order valence-electron chi connectivity index (χ4n) is 4.59. The van der Waals surface area contributed by atoms with E-state index in [1.54, 1.807) is 0 Å². The normalized spacial score (nSPS) is 21.8. The molecule has 0 aromatic rings. The van der Waals surface area contributed by atoms with Gasteiger partial charge in [-0.3, -0.25) is 0 Å². The first-order valence-electron chi connectivity index (χ1n) is 10.3. The summed E-state index contributed by atoms with van der Waals surface area (Å²) < 4.78 is 0. The van der Waals surface area contributed by atoms with Crippen LogP contribution in [0, 0.1) is 17.8 Å². The molecule has 0 bridgehead atoms. The predicted molar refractivity (Wildman–Crippen MR) is 99.7 cm³/mol. The van der Waals surface area contributed by atoms with E-state index < -0.39 is 0 Å². The first-order valence-corrected chi connectivity index (χ1v) is 10.3. The maximum absolute atomic E-state index is 2.41. The molecule has 0 amide bonds. The summed E-state index contributed by atoms with van der Waals surface area (Å²) in [6.45, 7) is 7.15. The molecular formula is C20H41B. The van der Waals surface area contributed by atoms with Crippen molar-refractivity contribution in [3.05, 3.63) is 0 Å². The Balaban J connectivity index is 2.03. The van der Waals surface area contributed by atoms with Crippen molar-refractivity contribution in [2.75, 3.05) is 0 Å². The monoisotopic (exact) mass is 292 g/mol. The Kier molecular flexibility index (Phi) is 11.5. The second-order valence-electron chi connectivity index (χ2n) is 7.62. The van der Waals surface area contributed by atoms with E-state index in [1.807, 2.05) is 0 Å². The molecule has 1 rings (SSSR count). The summed E-state index contributed by atoms with van der Waals surface area (Å²) in [6.07, 6.45) is 20.7. The zero-order valence-corrected chi connectivity index (χ0v) is 15.3. The molecule has 1 saturated heterocycles.